The van der Waals surface area contributed by atoms with Gasteiger partial charge in [-0.2, -0.15) is 0 Å². The minimum absolute atomic E-state index is 0.00196. The van der Waals surface area contributed by atoms with Gasteiger partial charge in [-0.05, 0) is 35.6 Å². The third kappa shape index (κ3) is 7.26. The maximum Gasteiger partial charge on any atom is 0.276 e. The van der Waals surface area contributed by atoms with Crippen LogP contribution in [-0.2, 0) is 18.0 Å². The van der Waals surface area contributed by atoms with Crippen molar-refractivity contribution in [1.82, 2.24) is 20.5 Å². The first kappa shape index (κ1) is 32.5. The standard InChI is InChI=1S/C37H38N4O7/c1-4-38-36(42)34-33(32-20-29(39-47-32)37(43)41-15-17-44-18-16-41)35(48-40-34)28-19-27(24(2)3)30(45-22-25-11-7-5-8-12-25)21-31(28)46-23-26-13-9-6-10-14-26/h5-14,19-21,24H,4,15-18,22-23H2,1-3H3,(H,38,42). The Morgan fingerprint density at radius 2 is 1.50 bits per heavy atom. The van der Waals surface area contributed by atoms with Crippen molar-refractivity contribution >= 4 is 11.8 Å². The summed E-state index contributed by atoms with van der Waals surface area (Å²) in [6.07, 6.45) is 0. The number of ether oxygens (including phenoxy) is 3. The van der Waals surface area contributed by atoms with E-state index in [2.05, 4.69) is 29.5 Å². The van der Waals surface area contributed by atoms with Crippen LogP contribution in [-0.4, -0.2) is 59.9 Å². The van der Waals surface area contributed by atoms with E-state index < -0.39 is 5.91 Å². The molecule has 11 heteroatoms. The topological polar surface area (TPSA) is 129 Å². The summed E-state index contributed by atoms with van der Waals surface area (Å²) in [6, 6.07) is 25.0. The third-order valence-corrected chi connectivity index (χ3v) is 7.97. The molecule has 1 saturated heterocycles. The van der Waals surface area contributed by atoms with Crippen molar-refractivity contribution in [2.24, 2.45) is 0 Å². The van der Waals surface area contributed by atoms with E-state index >= 15 is 0 Å². The van der Waals surface area contributed by atoms with Gasteiger partial charge in [0, 0.05) is 31.8 Å². The van der Waals surface area contributed by atoms with Crippen LogP contribution in [0.15, 0.2) is 87.9 Å². The molecule has 1 N–H and O–H groups in total. The minimum atomic E-state index is -0.460. The van der Waals surface area contributed by atoms with Crippen molar-refractivity contribution in [2.75, 3.05) is 32.8 Å². The van der Waals surface area contributed by atoms with Gasteiger partial charge in [-0.3, -0.25) is 9.59 Å². The fourth-order valence-corrected chi connectivity index (χ4v) is 5.45. The Morgan fingerprint density at radius 1 is 0.854 bits per heavy atom. The second-order valence-corrected chi connectivity index (χ2v) is 11.7. The molecule has 0 aliphatic carbocycles. The number of carbonyl (C=O) groups excluding carboxylic acids is 2. The Balaban J connectivity index is 1.45. The van der Waals surface area contributed by atoms with Crippen molar-refractivity contribution in [3.63, 3.8) is 0 Å². The van der Waals surface area contributed by atoms with Crippen molar-refractivity contribution in [1.29, 1.82) is 0 Å². The molecule has 0 saturated carbocycles. The number of morpholine rings is 1. The number of benzene rings is 3. The molecule has 3 heterocycles. The van der Waals surface area contributed by atoms with Crippen LogP contribution in [0.2, 0.25) is 0 Å². The molecule has 1 fully saturated rings. The van der Waals surface area contributed by atoms with Crippen molar-refractivity contribution in [3.05, 3.63) is 107 Å². The molecular formula is C37H38N4O7. The normalized spacial score (nSPS) is 13.0. The number of nitrogens with zero attached hydrogens (tertiary/aromatic N) is 3. The van der Waals surface area contributed by atoms with Crippen LogP contribution in [0.1, 0.15) is 64.4 Å². The van der Waals surface area contributed by atoms with E-state index in [1.54, 1.807) is 4.90 Å². The van der Waals surface area contributed by atoms with E-state index in [-0.39, 0.29) is 46.9 Å². The molecule has 48 heavy (non-hydrogen) atoms. The molecule has 0 radical (unpaired) electrons. The van der Waals surface area contributed by atoms with E-state index in [1.807, 2.05) is 79.7 Å². The quantitative estimate of drug-likeness (QED) is 0.161. The van der Waals surface area contributed by atoms with Gasteiger partial charge in [0.2, 0.25) is 0 Å². The Bertz CT molecular complexity index is 1840. The summed E-state index contributed by atoms with van der Waals surface area (Å²) in [5.74, 6) is 0.804. The Morgan fingerprint density at radius 3 is 2.12 bits per heavy atom. The lowest BCUT2D eigenvalue weighted by molar-refractivity contribution is 0.0296. The highest BCUT2D eigenvalue weighted by Crippen LogP contribution is 2.44. The highest BCUT2D eigenvalue weighted by atomic mass is 16.5. The van der Waals surface area contributed by atoms with E-state index in [1.165, 1.54) is 6.07 Å². The van der Waals surface area contributed by atoms with Gasteiger partial charge >= 0.3 is 0 Å². The van der Waals surface area contributed by atoms with E-state index in [4.69, 9.17) is 23.3 Å². The zero-order chi connectivity index (χ0) is 33.5. The van der Waals surface area contributed by atoms with Crippen molar-refractivity contribution in [3.8, 4) is 34.1 Å². The molecule has 0 unspecified atom stereocenters. The van der Waals surface area contributed by atoms with Crippen molar-refractivity contribution in [2.45, 2.75) is 39.9 Å². The lowest BCUT2D eigenvalue weighted by Gasteiger charge is -2.25. The molecule has 2 aromatic heterocycles. The van der Waals surface area contributed by atoms with Gasteiger partial charge in [0.1, 0.15) is 30.3 Å². The van der Waals surface area contributed by atoms with Gasteiger partial charge in [0.25, 0.3) is 11.8 Å². The monoisotopic (exact) mass is 650 g/mol. The van der Waals surface area contributed by atoms with Crippen LogP contribution in [0.3, 0.4) is 0 Å². The maximum absolute atomic E-state index is 13.3. The van der Waals surface area contributed by atoms with E-state index in [0.29, 0.717) is 56.5 Å². The highest BCUT2D eigenvalue weighted by Gasteiger charge is 2.32. The molecule has 0 spiro atoms. The van der Waals surface area contributed by atoms with Gasteiger partial charge in [0.05, 0.1) is 18.8 Å². The lowest BCUT2D eigenvalue weighted by atomic mass is 9.95. The van der Waals surface area contributed by atoms with Crippen LogP contribution in [0.4, 0.5) is 0 Å². The highest BCUT2D eigenvalue weighted by molar-refractivity contribution is 6.02. The Labute approximate surface area is 278 Å². The maximum atomic E-state index is 13.3. The van der Waals surface area contributed by atoms with Gasteiger partial charge < -0.3 is 33.5 Å². The summed E-state index contributed by atoms with van der Waals surface area (Å²) in [4.78, 5) is 28.2. The van der Waals surface area contributed by atoms with Crippen molar-refractivity contribution < 1.29 is 32.8 Å². The fourth-order valence-electron chi connectivity index (χ4n) is 5.45. The summed E-state index contributed by atoms with van der Waals surface area (Å²) >= 11 is 0. The first-order valence-electron chi connectivity index (χ1n) is 16.1. The third-order valence-electron chi connectivity index (χ3n) is 7.97. The van der Waals surface area contributed by atoms with Gasteiger partial charge in [-0.15, -0.1) is 0 Å². The molecule has 248 valence electrons. The molecule has 0 atom stereocenters. The molecule has 1 aliphatic heterocycles. The van der Waals surface area contributed by atoms with Gasteiger partial charge in [-0.1, -0.05) is 84.8 Å². The summed E-state index contributed by atoms with van der Waals surface area (Å²) in [6.45, 7) is 8.74. The smallest absolute Gasteiger partial charge is 0.276 e. The average Bonchev–Trinajstić information content (AvgIpc) is 3.79. The second-order valence-electron chi connectivity index (χ2n) is 11.7. The van der Waals surface area contributed by atoms with Crippen LogP contribution in [0.5, 0.6) is 11.5 Å². The molecule has 0 bridgehead atoms. The van der Waals surface area contributed by atoms with Gasteiger partial charge in [0.15, 0.2) is 22.9 Å². The number of amides is 2. The Kier molecular flexibility index (Phi) is 10.2. The number of aromatic nitrogens is 2. The number of rotatable bonds is 12. The number of hydrogen-bond acceptors (Lipinski definition) is 9. The number of hydrogen-bond donors (Lipinski definition) is 1. The minimum Gasteiger partial charge on any atom is -0.488 e. The summed E-state index contributed by atoms with van der Waals surface area (Å²) in [5, 5.41) is 11.1. The first-order valence-corrected chi connectivity index (χ1v) is 16.1. The molecule has 2 amide bonds. The Hall–Kier alpha value is -5.42. The first-order chi connectivity index (χ1) is 23.4. The molecule has 6 rings (SSSR count). The molecular weight excluding hydrogens is 612 g/mol. The molecule has 3 aromatic carbocycles. The zero-order valence-electron chi connectivity index (χ0n) is 27.2. The van der Waals surface area contributed by atoms with E-state index in [0.717, 1.165) is 16.7 Å². The molecule has 11 nitrogen and oxygen atoms in total. The zero-order valence-corrected chi connectivity index (χ0v) is 27.2. The number of carbonyl (C=O) groups is 2. The van der Waals surface area contributed by atoms with Gasteiger partial charge in [-0.25, -0.2) is 0 Å². The SMILES string of the molecule is CCNC(=O)c1noc(-c2cc(C(C)C)c(OCc3ccccc3)cc2OCc2ccccc2)c1-c1cc(C(=O)N2CCOCC2)no1. The molecule has 1 aliphatic rings. The van der Waals surface area contributed by atoms with Crippen LogP contribution < -0.4 is 14.8 Å². The van der Waals surface area contributed by atoms with Crippen LogP contribution in [0.25, 0.3) is 22.6 Å². The summed E-state index contributed by atoms with van der Waals surface area (Å²) < 4.78 is 29.9. The predicted molar refractivity (Wildman–Crippen MR) is 178 cm³/mol. The van der Waals surface area contributed by atoms with E-state index in [9.17, 15) is 9.59 Å². The average molecular weight is 651 g/mol. The summed E-state index contributed by atoms with van der Waals surface area (Å²) in [5.41, 5.74) is 3.79. The van der Waals surface area contributed by atoms with Crippen LogP contribution >= 0.6 is 0 Å². The predicted octanol–water partition coefficient (Wildman–Crippen LogP) is 6.50. The summed E-state index contributed by atoms with van der Waals surface area (Å²) in [7, 11) is 0. The number of nitrogens with one attached hydrogen (secondary N) is 1. The molecule has 5 aromatic rings. The lowest BCUT2D eigenvalue weighted by Crippen LogP contribution is -2.40. The largest absolute Gasteiger partial charge is 0.488 e. The fraction of sp³-hybridized carbons (Fsp3) is 0.297. The van der Waals surface area contributed by atoms with Crippen LogP contribution in [0, 0.1) is 0 Å². The second kappa shape index (κ2) is 15.0.